The Morgan fingerprint density at radius 2 is 2.05 bits per heavy atom. The number of hydrogen-bond acceptors (Lipinski definition) is 3. The zero-order valence-corrected chi connectivity index (χ0v) is 11.4. The molecule has 2 amide bonds. The molecule has 1 aliphatic rings. The fourth-order valence-corrected chi connectivity index (χ4v) is 2.21. The number of carbonyl (C=O) groups excluding carboxylic acids is 1. The maximum Gasteiger partial charge on any atom is 0.333 e. The summed E-state index contributed by atoms with van der Waals surface area (Å²) in [6.45, 7) is 3.77. The zero-order valence-electron chi connectivity index (χ0n) is 11.4. The summed E-state index contributed by atoms with van der Waals surface area (Å²) in [4.78, 5) is 11.9. The first-order valence-electron chi connectivity index (χ1n) is 6.83. The van der Waals surface area contributed by atoms with Gasteiger partial charge in [0.05, 0.1) is 0 Å². The molecule has 1 saturated heterocycles. The molecular formula is C14H22N4O. The molecule has 0 bridgehead atoms. The van der Waals surface area contributed by atoms with E-state index in [1.54, 1.807) is 0 Å². The molecule has 0 saturated carbocycles. The molecule has 1 heterocycles. The molecule has 0 spiro atoms. The highest BCUT2D eigenvalue weighted by atomic mass is 16.2. The summed E-state index contributed by atoms with van der Waals surface area (Å²) in [7, 11) is 0. The van der Waals surface area contributed by atoms with E-state index < -0.39 is 0 Å². The number of benzene rings is 1. The SMILES string of the molecule is CC(N)c1cccc(NC(=O)NN2CCCCC2)c1. The quantitative estimate of drug-likeness (QED) is 0.782. The van der Waals surface area contributed by atoms with E-state index >= 15 is 0 Å². The molecule has 1 unspecified atom stereocenters. The standard InChI is InChI=1S/C14H22N4O/c1-11(15)12-6-5-7-13(10-12)16-14(19)17-18-8-3-2-4-9-18/h5-7,10-11H,2-4,8-9,15H2,1H3,(H2,16,17,19). The van der Waals surface area contributed by atoms with Crippen LogP contribution in [0.1, 0.15) is 37.8 Å². The number of urea groups is 1. The number of nitrogens with one attached hydrogen (secondary N) is 2. The van der Waals surface area contributed by atoms with Crippen molar-refractivity contribution in [3.63, 3.8) is 0 Å². The number of anilines is 1. The van der Waals surface area contributed by atoms with Gasteiger partial charge in [0.25, 0.3) is 0 Å². The molecule has 1 fully saturated rings. The molecule has 0 aliphatic carbocycles. The lowest BCUT2D eigenvalue weighted by Gasteiger charge is -2.26. The minimum absolute atomic E-state index is 0.0353. The fraction of sp³-hybridized carbons (Fsp3) is 0.500. The lowest BCUT2D eigenvalue weighted by atomic mass is 10.1. The van der Waals surface area contributed by atoms with Crippen molar-refractivity contribution in [3.05, 3.63) is 29.8 Å². The Morgan fingerprint density at radius 3 is 2.74 bits per heavy atom. The molecule has 19 heavy (non-hydrogen) atoms. The highest BCUT2D eigenvalue weighted by Crippen LogP contribution is 2.15. The molecule has 1 atom stereocenters. The second kappa shape index (κ2) is 6.54. The molecular weight excluding hydrogens is 240 g/mol. The second-order valence-electron chi connectivity index (χ2n) is 5.03. The van der Waals surface area contributed by atoms with E-state index in [-0.39, 0.29) is 12.1 Å². The Labute approximate surface area is 114 Å². The van der Waals surface area contributed by atoms with Crippen LogP contribution in [0.3, 0.4) is 0 Å². The average molecular weight is 262 g/mol. The van der Waals surface area contributed by atoms with E-state index in [0.717, 1.165) is 37.2 Å². The Balaban J connectivity index is 1.89. The van der Waals surface area contributed by atoms with Crippen LogP contribution >= 0.6 is 0 Å². The third-order valence-corrected chi connectivity index (χ3v) is 3.29. The predicted octanol–water partition coefficient (Wildman–Crippen LogP) is 2.23. The van der Waals surface area contributed by atoms with Gasteiger partial charge in [0, 0.05) is 24.8 Å². The number of amides is 2. The average Bonchev–Trinajstić information content (AvgIpc) is 2.40. The Morgan fingerprint density at radius 1 is 1.32 bits per heavy atom. The number of hydrogen-bond donors (Lipinski definition) is 3. The van der Waals surface area contributed by atoms with E-state index in [2.05, 4.69) is 10.7 Å². The van der Waals surface area contributed by atoms with Crippen LogP contribution in [0.2, 0.25) is 0 Å². The molecule has 1 aromatic rings. The van der Waals surface area contributed by atoms with Gasteiger partial charge in [-0.05, 0) is 37.5 Å². The highest BCUT2D eigenvalue weighted by Gasteiger charge is 2.12. The highest BCUT2D eigenvalue weighted by molar-refractivity contribution is 5.88. The van der Waals surface area contributed by atoms with E-state index in [4.69, 9.17) is 5.73 Å². The van der Waals surface area contributed by atoms with Crippen molar-refractivity contribution in [2.75, 3.05) is 18.4 Å². The molecule has 5 nitrogen and oxygen atoms in total. The van der Waals surface area contributed by atoms with Gasteiger partial charge in [0.2, 0.25) is 0 Å². The van der Waals surface area contributed by atoms with E-state index in [1.165, 1.54) is 6.42 Å². The first-order valence-corrected chi connectivity index (χ1v) is 6.83. The lowest BCUT2D eigenvalue weighted by Crippen LogP contribution is -2.46. The van der Waals surface area contributed by atoms with Gasteiger partial charge in [-0.1, -0.05) is 18.6 Å². The summed E-state index contributed by atoms with van der Waals surface area (Å²) < 4.78 is 0. The second-order valence-corrected chi connectivity index (χ2v) is 5.03. The van der Waals surface area contributed by atoms with Gasteiger partial charge in [-0.2, -0.15) is 0 Å². The minimum Gasteiger partial charge on any atom is -0.324 e. The van der Waals surface area contributed by atoms with Crippen LogP contribution in [0.4, 0.5) is 10.5 Å². The van der Waals surface area contributed by atoms with Gasteiger partial charge < -0.3 is 11.1 Å². The lowest BCUT2D eigenvalue weighted by molar-refractivity contribution is 0.162. The van der Waals surface area contributed by atoms with Gasteiger partial charge in [-0.25, -0.2) is 9.80 Å². The number of hydrazine groups is 1. The molecule has 0 aromatic heterocycles. The van der Waals surface area contributed by atoms with Gasteiger partial charge in [0.1, 0.15) is 0 Å². The van der Waals surface area contributed by atoms with Crippen LogP contribution < -0.4 is 16.5 Å². The summed E-state index contributed by atoms with van der Waals surface area (Å²) >= 11 is 0. The first-order chi connectivity index (χ1) is 9.15. The zero-order chi connectivity index (χ0) is 13.7. The first kappa shape index (κ1) is 13.8. The maximum atomic E-state index is 11.9. The fourth-order valence-electron chi connectivity index (χ4n) is 2.21. The van der Waals surface area contributed by atoms with Crippen LogP contribution in [-0.2, 0) is 0 Å². The third-order valence-electron chi connectivity index (χ3n) is 3.29. The Kier molecular flexibility index (Phi) is 4.76. The number of nitrogens with zero attached hydrogens (tertiary/aromatic N) is 1. The van der Waals surface area contributed by atoms with E-state index in [9.17, 15) is 4.79 Å². The summed E-state index contributed by atoms with van der Waals surface area (Å²) in [6.07, 6.45) is 3.52. The Hall–Kier alpha value is -1.59. The van der Waals surface area contributed by atoms with Crippen molar-refractivity contribution in [1.82, 2.24) is 10.4 Å². The summed E-state index contributed by atoms with van der Waals surface area (Å²) in [5.74, 6) is 0. The number of nitrogens with two attached hydrogens (primary N) is 1. The molecule has 104 valence electrons. The van der Waals surface area contributed by atoms with Crippen molar-refractivity contribution in [2.24, 2.45) is 5.73 Å². The number of carbonyl (C=O) groups is 1. The van der Waals surface area contributed by atoms with Crippen molar-refractivity contribution in [1.29, 1.82) is 0 Å². The normalized spacial score (nSPS) is 17.8. The van der Waals surface area contributed by atoms with Crippen LogP contribution in [0.15, 0.2) is 24.3 Å². The van der Waals surface area contributed by atoms with Gasteiger partial charge >= 0.3 is 6.03 Å². The van der Waals surface area contributed by atoms with E-state index in [0.29, 0.717) is 0 Å². The molecule has 1 aromatic carbocycles. The monoisotopic (exact) mass is 262 g/mol. The topological polar surface area (TPSA) is 70.4 Å². The van der Waals surface area contributed by atoms with Crippen LogP contribution in [-0.4, -0.2) is 24.1 Å². The smallest absolute Gasteiger partial charge is 0.324 e. The molecule has 1 aliphatic heterocycles. The molecule has 2 rings (SSSR count). The predicted molar refractivity (Wildman–Crippen MR) is 76.6 cm³/mol. The molecule has 5 heteroatoms. The van der Waals surface area contributed by atoms with Gasteiger partial charge in [-0.15, -0.1) is 0 Å². The van der Waals surface area contributed by atoms with Crippen molar-refractivity contribution < 1.29 is 4.79 Å². The number of piperidine rings is 1. The van der Waals surface area contributed by atoms with Crippen LogP contribution in [0.5, 0.6) is 0 Å². The summed E-state index contributed by atoms with van der Waals surface area (Å²) in [6, 6.07) is 7.39. The van der Waals surface area contributed by atoms with Crippen molar-refractivity contribution in [3.8, 4) is 0 Å². The van der Waals surface area contributed by atoms with Crippen LogP contribution in [0.25, 0.3) is 0 Å². The summed E-state index contributed by atoms with van der Waals surface area (Å²) in [5.41, 5.74) is 10.5. The van der Waals surface area contributed by atoms with Crippen molar-refractivity contribution >= 4 is 11.7 Å². The van der Waals surface area contributed by atoms with Gasteiger partial charge in [-0.3, -0.25) is 5.43 Å². The Bertz CT molecular complexity index is 427. The number of rotatable bonds is 3. The minimum atomic E-state index is -0.191. The molecule has 4 N–H and O–H groups in total. The van der Waals surface area contributed by atoms with Gasteiger partial charge in [0.15, 0.2) is 0 Å². The van der Waals surface area contributed by atoms with E-state index in [1.807, 2.05) is 36.2 Å². The largest absolute Gasteiger partial charge is 0.333 e. The van der Waals surface area contributed by atoms with Crippen molar-refractivity contribution in [2.45, 2.75) is 32.2 Å². The van der Waals surface area contributed by atoms with Crippen LogP contribution in [0, 0.1) is 0 Å². The molecule has 0 radical (unpaired) electrons. The maximum absolute atomic E-state index is 11.9. The summed E-state index contributed by atoms with van der Waals surface area (Å²) in [5, 5.41) is 4.80. The third kappa shape index (κ3) is 4.22.